The fraction of sp³-hybridized carbons (Fsp3) is 0.632. The lowest BCUT2D eigenvalue weighted by molar-refractivity contribution is -0.125. The maximum atomic E-state index is 13.0. The van der Waals surface area contributed by atoms with E-state index in [0.29, 0.717) is 18.5 Å². The second kappa shape index (κ2) is 8.08. The van der Waals surface area contributed by atoms with Crippen LogP contribution in [0.15, 0.2) is 24.3 Å². The third-order valence-corrected chi connectivity index (χ3v) is 5.38. The fourth-order valence-corrected chi connectivity index (χ4v) is 4.20. The van der Waals surface area contributed by atoms with Crippen LogP contribution in [0, 0.1) is 11.7 Å². The van der Waals surface area contributed by atoms with Crippen LogP contribution in [-0.2, 0) is 11.2 Å². The highest BCUT2D eigenvalue weighted by Gasteiger charge is 2.30. The molecule has 3 rings (SSSR count). The summed E-state index contributed by atoms with van der Waals surface area (Å²) in [5.74, 6) is 0.509. The zero-order chi connectivity index (χ0) is 16.9. The Labute approximate surface area is 143 Å². The number of nitrogens with one attached hydrogen (secondary N) is 2. The third kappa shape index (κ3) is 4.54. The van der Waals surface area contributed by atoms with Crippen LogP contribution in [0.1, 0.15) is 31.2 Å². The molecule has 1 saturated heterocycles. The van der Waals surface area contributed by atoms with Crippen LogP contribution in [0.4, 0.5) is 4.39 Å². The van der Waals surface area contributed by atoms with Gasteiger partial charge in [0.2, 0.25) is 5.91 Å². The van der Waals surface area contributed by atoms with Crippen LogP contribution in [0.2, 0.25) is 0 Å². The van der Waals surface area contributed by atoms with Crippen LogP contribution < -0.4 is 10.6 Å². The summed E-state index contributed by atoms with van der Waals surface area (Å²) < 4.78 is 13.0. The van der Waals surface area contributed by atoms with Gasteiger partial charge in [0.1, 0.15) is 5.82 Å². The first-order valence-electron chi connectivity index (χ1n) is 9.07. The van der Waals surface area contributed by atoms with Crippen LogP contribution in [-0.4, -0.2) is 49.6 Å². The van der Waals surface area contributed by atoms with Gasteiger partial charge in [-0.25, -0.2) is 4.39 Å². The van der Waals surface area contributed by atoms with Crippen molar-refractivity contribution in [3.63, 3.8) is 0 Å². The summed E-state index contributed by atoms with van der Waals surface area (Å²) in [5.41, 5.74) is 1.06. The minimum absolute atomic E-state index is 0.102. The van der Waals surface area contributed by atoms with Gasteiger partial charge >= 0.3 is 0 Å². The van der Waals surface area contributed by atoms with Gasteiger partial charge in [-0.05, 0) is 49.9 Å². The zero-order valence-electron chi connectivity index (χ0n) is 14.4. The van der Waals surface area contributed by atoms with Crippen molar-refractivity contribution < 1.29 is 9.18 Å². The number of piperazine rings is 1. The Bertz CT molecular complexity index is 548. The first-order valence-corrected chi connectivity index (χ1v) is 9.07. The van der Waals surface area contributed by atoms with Crippen molar-refractivity contribution in [2.75, 3.05) is 26.7 Å². The van der Waals surface area contributed by atoms with E-state index in [-0.39, 0.29) is 17.8 Å². The minimum atomic E-state index is -0.219. The largest absolute Gasteiger partial charge is 0.351 e. The van der Waals surface area contributed by atoms with Gasteiger partial charge in [0, 0.05) is 25.2 Å². The summed E-state index contributed by atoms with van der Waals surface area (Å²) >= 11 is 0. The average molecular weight is 333 g/mol. The van der Waals surface area contributed by atoms with Gasteiger partial charge in [-0.1, -0.05) is 25.0 Å². The molecule has 2 aliphatic rings. The quantitative estimate of drug-likeness (QED) is 0.866. The standard InChI is InChI=1S/C19H28FN3O/c1-21-18-5-3-2-4-15(18)11-23-12-17(22-19(24)13-23)10-14-6-8-16(20)9-7-14/h6-9,15,17-18,21H,2-5,10-13H2,1H3,(H,22,24). The molecule has 1 heterocycles. The Hall–Kier alpha value is -1.46. The van der Waals surface area contributed by atoms with Gasteiger partial charge in [-0.15, -0.1) is 0 Å². The van der Waals surface area contributed by atoms with Crippen LogP contribution in [0.25, 0.3) is 0 Å². The SMILES string of the molecule is CNC1CCCCC1CN1CC(=O)NC(Cc2ccc(F)cc2)C1. The molecule has 2 N–H and O–H groups in total. The number of nitrogens with zero attached hydrogens (tertiary/aromatic N) is 1. The number of hydrogen-bond donors (Lipinski definition) is 2. The molecular weight excluding hydrogens is 305 g/mol. The highest BCUT2D eigenvalue weighted by atomic mass is 19.1. The van der Waals surface area contributed by atoms with E-state index >= 15 is 0 Å². The van der Waals surface area contributed by atoms with Crippen LogP contribution in [0.5, 0.6) is 0 Å². The van der Waals surface area contributed by atoms with Gasteiger partial charge in [0.15, 0.2) is 0 Å². The van der Waals surface area contributed by atoms with E-state index in [1.54, 1.807) is 12.1 Å². The second-order valence-electron chi connectivity index (χ2n) is 7.23. The molecule has 4 nitrogen and oxygen atoms in total. The maximum absolute atomic E-state index is 13.0. The summed E-state index contributed by atoms with van der Waals surface area (Å²) in [5, 5.41) is 6.53. The van der Waals surface area contributed by atoms with E-state index in [2.05, 4.69) is 15.5 Å². The van der Waals surface area contributed by atoms with Crippen molar-refractivity contribution in [3.05, 3.63) is 35.6 Å². The molecule has 132 valence electrons. The molecule has 0 aromatic heterocycles. The van der Waals surface area contributed by atoms with Gasteiger partial charge < -0.3 is 10.6 Å². The molecule has 5 heteroatoms. The summed E-state index contributed by atoms with van der Waals surface area (Å²) in [4.78, 5) is 14.4. The Kier molecular flexibility index (Phi) is 5.85. The van der Waals surface area contributed by atoms with E-state index < -0.39 is 0 Å². The molecule has 1 aliphatic heterocycles. The molecule has 1 aromatic rings. The molecular formula is C19H28FN3O. The lowest BCUT2D eigenvalue weighted by atomic mass is 9.84. The smallest absolute Gasteiger partial charge is 0.234 e. The van der Waals surface area contributed by atoms with Crippen molar-refractivity contribution in [2.24, 2.45) is 5.92 Å². The van der Waals surface area contributed by atoms with E-state index in [9.17, 15) is 9.18 Å². The van der Waals surface area contributed by atoms with Crippen molar-refractivity contribution in [1.29, 1.82) is 0 Å². The third-order valence-electron chi connectivity index (χ3n) is 5.38. The number of hydrogen-bond acceptors (Lipinski definition) is 3. The van der Waals surface area contributed by atoms with E-state index in [1.807, 2.05) is 7.05 Å². The maximum Gasteiger partial charge on any atom is 0.234 e. The number of amides is 1. The van der Waals surface area contributed by atoms with Crippen molar-refractivity contribution in [1.82, 2.24) is 15.5 Å². The monoisotopic (exact) mass is 333 g/mol. The number of rotatable bonds is 5. The van der Waals surface area contributed by atoms with Gasteiger partial charge in [-0.3, -0.25) is 9.69 Å². The van der Waals surface area contributed by atoms with Crippen molar-refractivity contribution in [3.8, 4) is 0 Å². The summed E-state index contributed by atoms with van der Waals surface area (Å²) in [6.07, 6.45) is 5.83. The molecule has 3 unspecified atom stereocenters. The molecule has 3 atom stereocenters. The number of carbonyl (C=O) groups excluding carboxylic acids is 1. The Morgan fingerprint density at radius 1 is 1.25 bits per heavy atom. The van der Waals surface area contributed by atoms with Gasteiger partial charge in [-0.2, -0.15) is 0 Å². The summed E-state index contributed by atoms with van der Waals surface area (Å²) in [7, 11) is 2.04. The van der Waals surface area contributed by atoms with Gasteiger partial charge in [0.05, 0.1) is 6.54 Å². The van der Waals surface area contributed by atoms with Crippen molar-refractivity contribution >= 4 is 5.91 Å². The lowest BCUT2D eigenvalue weighted by Gasteiger charge is -2.39. The van der Waals surface area contributed by atoms with E-state index in [0.717, 1.165) is 25.1 Å². The number of halogens is 1. The Balaban J connectivity index is 1.58. The van der Waals surface area contributed by atoms with Crippen molar-refractivity contribution in [2.45, 2.75) is 44.2 Å². The van der Waals surface area contributed by atoms with E-state index in [4.69, 9.17) is 0 Å². The molecule has 0 bridgehead atoms. The van der Waals surface area contributed by atoms with Gasteiger partial charge in [0.25, 0.3) is 0 Å². The lowest BCUT2D eigenvalue weighted by Crippen LogP contribution is -2.56. The predicted octanol–water partition coefficient (Wildman–Crippen LogP) is 1.95. The molecule has 24 heavy (non-hydrogen) atoms. The number of carbonyl (C=O) groups is 1. The molecule has 1 saturated carbocycles. The first kappa shape index (κ1) is 17.4. The normalized spacial score (nSPS) is 28.6. The number of benzene rings is 1. The molecule has 0 radical (unpaired) electrons. The highest BCUT2D eigenvalue weighted by Crippen LogP contribution is 2.25. The Morgan fingerprint density at radius 2 is 2.00 bits per heavy atom. The molecule has 1 amide bonds. The fourth-order valence-electron chi connectivity index (χ4n) is 4.20. The summed E-state index contributed by atoms with van der Waals surface area (Å²) in [6.45, 7) is 2.35. The topological polar surface area (TPSA) is 44.4 Å². The zero-order valence-corrected chi connectivity index (χ0v) is 14.4. The van der Waals surface area contributed by atoms with Crippen LogP contribution in [0.3, 0.4) is 0 Å². The molecule has 1 aliphatic carbocycles. The highest BCUT2D eigenvalue weighted by molar-refractivity contribution is 5.79. The van der Waals surface area contributed by atoms with Crippen LogP contribution >= 0.6 is 0 Å². The van der Waals surface area contributed by atoms with E-state index in [1.165, 1.54) is 37.8 Å². The average Bonchev–Trinajstić information content (AvgIpc) is 2.57. The minimum Gasteiger partial charge on any atom is -0.351 e. The predicted molar refractivity (Wildman–Crippen MR) is 93.3 cm³/mol. The second-order valence-corrected chi connectivity index (χ2v) is 7.23. The first-order chi connectivity index (χ1) is 11.6. The molecule has 0 spiro atoms. The Morgan fingerprint density at radius 3 is 2.75 bits per heavy atom. The molecule has 1 aromatic carbocycles. The summed E-state index contributed by atoms with van der Waals surface area (Å²) in [6, 6.07) is 7.25. The molecule has 2 fully saturated rings.